The highest BCUT2D eigenvalue weighted by molar-refractivity contribution is 6.31. The standard InChI is InChI=1S/C13H17ClO2/c1-2-3-4-8-16-10-13(15)11-6-5-7-12(14)9-11/h5-7,9H,2-4,8,10H2,1H3. The monoisotopic (exact) mass is 240 g/mol. The van der Waals surface area contributed by atoms with Gasteiger partial charge in [0.15, 0.2) is 5.78 Å². The van der Waals surface area contributed by atoms with Crippen LogP contribution in [0.5, 0.6) is 0 Å². The number of halogens is 1. The Bertz CT molecular complexity index is 336. The van der Waals surface area contributed by atoms with E-state index in [-0.39, 0.29) is 12.4 Å². The molecule has 1 aromatic rings. The van der Waals surface area contributed by atoms with Crippen LogP contribution in [-0.4, -0.2) is 19.0 Å². The van der Waals surface area contributed by atoms with Gasteiger partial charge in [-0.1, -0.05) is 43.5 Å². The van der Waals surface area contributed by atoms with E-state index in [0.29, 0.717) is 17.2 Å². The number of unbranched alkanes of at least 4 members (excludes halogenated alkanes) is 2. The van der Waals surface area contributed by atoms with E-state index in [9.17, 15) is 4.79 Å². The fourth-order valence-electron chi connectivity index (χ4n) is 1.36. The second kappa shape index (κ2) is 7.42. The summed E-state index contributed by atoms with van der Waals surface area (Å²) in [7, 11) is 0. The van der Waals surface area contributed by atoms with Crippen LogP contribution in [0.15, 0.2) is 24.3 Å². The lowest BCUT2D eigenvalue weighted by Crippen LogP contribution is -2.09. The van der Waals surface area contributed by atoms with Crippen LogP contribution in [0.25, 0.3) is 0 Å². The lowest BCUT2D eigenvalue weighted by Gasteiger charge is -2.03. The van der Waals surface area contributed by atoms with Gasteiger partial charge in [0.2, 0.25) is 0 Å². The Kier molecular flexibility index (Phi) is 6.12. The van der Waals surface area contributed by atoms with Crippen LogP contribution in [0.1, 0.15) is 36.5 Å². The lowest BCUT2D eigenvalue weighted by molar-refractivity contribution is 0.0753. The van der Waals surface area contributed by atoms with E-state index in [1.807, 2.05) is 0 Å². The third-order valence-corrected chi connectivity index (χ3v) is 2.51. The molecule has 0 aliphatic carbocycles. The van der Waals surface area contributed by atoms with Crippen molar-refractivity contribution in [3.63, 3.8) is 0 Å². The van der Waals surface area contributed by atoms with Gasteiger partial charge in [-0.25, -0.2) is 0 Å². The summed E-state index contributed by atoms with van der Waals surface area (Å²) in [6.45, 7) is 2.93. The minimum absolute atomic E-state index is 0.0148. The molecule has 0 unspecified atom stereocenters. The van der Waals surface area contributed by atoms with Crippen LogP contribution in [0.4, 0.5) is 0 Å². The normalized spacial score (nSPS) is 10.4. The zero-order valence-electron chi connectivity index (χ0n) is 9.54. The number of carbonyl (C=O) groups excluding carboxylic acids is 1. The zero-order chi connectivity index (χ0) is 11.8. The van der Waals surface area contributed by atoms with Crippen molar-refractivity contribution in [3.05, 3.63) is 34.9 Å². The van der Waals surface area contributed by atoms with E-state index in [2.05, 4.69) is 6.92 Å². The largest absolute Gasteiger partial charge is 0.373 e. The Morgan fingerprint density at radius 2 is 2.19 bits per heavy atom. The molecular formula is C13H17ClO2. The molecule has 0 heterocycles. The molecule has 0 saturated heterocycles. The highest BCUT2D eigenvalue weighted by atomic mass is 35.5. The molecule has 0 spiro atoms. The van der Waals surface area contributed by atoms with Gasteiger partial charge in [0.05, 0.1) is 0 Å². The zero-order valence-corrected chi connectivity index (χ0v) is 10.3. The first kappa shape index (κ1) is 13.2. The van der Waals surface area contributed by atoms with Crippen molar-refractivity contribution >= 4 is 17.4 Å². The van der Waals surface area contributed by atoms with Gasteiger partial charge in [0.25, 0.3) is 0 Å². The Labute approximate surface area is 102 Å². The maximum absolute atomic E-state index is 11.6. The van der Waals surface area contributed by atoms with Crippen molar-refractivity contribution in [1.82, 2.24) is 0 Å². The third-order valence-electron chi connectivity index (χ3n) is 2.27. The van der Waals surface area contributed by atoms with Crippen molar-refractivity contribution in [2.24, 2.45) is 0 Å². The summed E-state index contributed by atoms with van der Waals surface area (Å²) in [6.07, 6.45) is 3.32. The maximum Gasteiger partial charge on any atom is 0.188 e. The van der Waals surface area contributed by atoms with Crippen LogP contribution in [0, 0.1) is 0 Å². The Balaban J connectivity index is 2.30. The molecule has 0 aromatic heterocycles. The molecule has 3 heteroatoms. The van der Waals surface area contributed by atoms with E-state index in [0.717, 1.165) is 19.3 Å². The second-order valence-electron chi connectivity index (χ2n) is 3.69. The van der Waals surface area contributed by atoms with Crippen LogP contribution >= 0.6 is 11.6 Å². The number of hydrogen-bond acceptors (Lipinski definition) is 2. The molecule has 0 fully saturated rings. The van der Waals surface area contributed by atoms with Gasteiger partial charge in [-0.05, 0) is 18.6 Å². The lowest BCUT2D eigenvalue weighted by atomic mass is 10.1. The van der Waals surface area contributed by atoms with Gasteiger partial charge in [0.1, 0.15) is 6.61 Å². The molecule has 0 aliphatic rings. The van der Waals surface area contributed by atoms with Crippen LogP contribution in [-0.2, 0) is 4.74 Å². The Morgan fingerprint density at radius 3 is 2.88 bits per heavy atom. The van der Waals surface area contributed by atoms with Crippen molar-refractivity contribution < 1.29 is 9.53 Å². The summed E-state index contributed by atoms with van der Waals surface area (Å²) in [4.78, 5) is 11.6. The van der Waals surface area contributed by atoms with Gasteiger partial charge in [-0.3, -0.25) is 4.79 Å². The van der Waals surface area contributed by atoms with E-state index >= 15 is 0 Å². The first-order valence-electron chi connectivity index (χ1n) is 5.60. The summed E-state index contributed by atoms with van der Waals surface area (Å²) in [5, 5.41) is 0.580. The molecule has 0 atom stereocenters. The van der Waals surface area contributed by atoms with E-state index in [4.69, 9.17) is 16.3 Å². The average Bonchev–Trinajstić information content (AvgIpc) is 2.28. The molecule has 2 nitrogen and oxygen atoms in total. The van der Waals surface area contributed by atoms with Gasteiger partial charge in [-0.15, -0.1) is 0 Å². The summed E-state index contributed by atoms with van der Waals surface area (Å²) < 4.78 is 5.30. The van der Waals surface area contributed by atoms with Crippen LogP contribution in [0.3, 0.4) is 0 Å². The highest BCUT2D eigenvalue weighted by Crippen LogP contribution is 2.11. The summed E-state index contributed by atoms with van der Waals surface area (Å²) in [5.41, 5.74) is 0.614. The fourth-order valence-corrected chi connectivity index (χ4v) is 1.55. The van der Waals surface area contributed by atoms with Gasteiger partial charge in [-0.2, -0.15) is 0 Å². The van der Waals surface area contributed by atoms with E-state index < -0.39 is 0 Å². The number of rotatable bonds is 7. The number of hydrogen-bond donors (Lipinski definition) is 0. The molecule has 88 valence electrons. The predicted octanol–water partition coefficient (Wildman–Crippen LogP) is 3.73. The Morgan fingerprint density at radius 1 is 1.38 bits per heavy atom. The maximum atomic E-state index is 11.6. The SMILES string of the molecule is CCCCCOCC(=O)c1cccc(Cl)c1. The molecule has 0 amide bonds. The van der Waals surface area contributed by atoms with Crippen molar-refractivity contribution in [2.75, 3.05) is 13.2 Å². The van der Waals surface area contributed by atoms with Gasteiger partial charge < -0.3 is 4.74 Å². The fraction of sp³-hybridized carbons (Fsp3) is 0.462. The molecule has 1 rings (SSSR count). The topological polar surface area (TPSA) is 26.3 Å². The van der Waals surface area contributed by atoms with Gasteiger partial charge >= 0.3 is 0 Å². The highest BCUT2D eigenvalue weighted by Gasteiger charge is 2.05. The molecule has 0 N–H and O–H groups in total. The van der Waals surface area contributed by atoms with E-state index in [1.54, 1.807) is 24.3 Å². The van der Waals surface area contributed by atoms with E-state index in [1.165, 1.54) is 0 Å². The number of carbonyl (C=O) groups is 1. The number of benzene rings is 1. The Hall–Kier alpha value is -0.860. The molecule has 0 bridgehead atoms. The summed E-state index contributed by atoms with van der Waals surface area (Å²) in [5.74, 6) is -0.0148. The average molecular weight is 241 g/mol. The summed E-state index contributed by atoms with van der Waals surface area (Å²) in [6, 6.07) is 6.94. The predicted molar refractivity (Wildman–Crippen MR) is 66.1 cm³/mol. The second-order valence-corrected chi connectivity index (χ2v) is 4.13. The quantitative estimate of drug-likeness (QED) is 0.536. The van der Waals surface area contributed by atoms with Crippen molar-refractivity contribution in [1.29, 1.82) is 0 Å². The molecule has 1 aromatic carbocycles. The molecule has 0 aliphatic heterocycles. The molecule has 16 heavy (non-hydrogen) atoms. The minimum Gasteiger partial charge on any atom is -0.373 e. The summed E-state index contributed by atoms with van der Waals surface area (Å²) >= 11 is 5.80. The van der Waals surface area contributed by atoms with Crippen LogP contribution in [0.2, 0.25) is 5.02 Å². The number of ether oxygens (including phenoxy) is 1. The third kappa shape index (κ3) is 4.77. The first-order valence-corrected chi connectivity index (χ1v) is 5.98. The molecule has 0 radical (unpaired) electrons. The first-order chi connectivity index (χ1) is 7.74. The minimum atomic E-state index is -0.0148. The van der Waals surface area contributed by atoms with Crippen LogP contribution < -0.4 is 0 Å². The molecular weight excluding hydrogens is 224 g/mol. The number of ketones is 1. The van der Waals surface area contributed by atoms with Gasteiger partial charge in [0, 0.05) is 17.2 Å². The van der Waals surface area contributed by atoms with Crippen molar-refractivity contribution in [3.8, 4) is 0 Å². The smallest absolute Gasteiger partial charge is 0.188 e. The molecule has 0 saturated carbocycles. The van der Waals surface area contributed by atoms with Crippen molar-refractivity contribution in [2.45, 2.75) is 26.2 Å². The number of Topliss-reactive ketones (excluding diaryl/α,β-unsaturated/α-hetero) is 1.